The molecule has 4 rings (SSSR count). The van der Waals surface area contributed by atoms with Gasteiger partial charge in [0.15, 0.2) is 6.10 Å². The standard InChI is InChI=1S/C26H17F2IO2/c27-22-11-5-19(6-12-22)25(20-7-13-23(28)14-8-20)31-26(30)21-3-1-17(2-4-21)18-9-15-24(29)16-10-18/h1-16,25H. The molecule has 4 aromatic rings. The summed E-state index contributed by atoms with van der Waals surface area (Å²) in [7, 11) is 0. The van der Waals surface area contributed by atoms with E-state index >= 15 is 0 Å². The van der Waals surface area contributed by atoms with Crippen molar-refractivity contribution in [3.63, 3.8) is 0 Å². The molecule has 0 unspecified atom stereocenters. The topological polar surface area (TPSA) is 26.3 Å². The summed E-state index contributed by atoms with van der Waals surface area (Å²) in [6.07, 6.45) is -0.787. The molecule has 0 spiro atoms. The van der Waals surface area contributed by atoms with Crippen molar-refractivity contribution in [2.24, 2.45) is 0 Å². The molecule has 0 N–H and O–H groups in total. The Kier molecular flexibility index (Phi) is 6.42. The summed E-state index contributed by atoms with van der Waals surface area (Å²) < 4.78 is 33.7. The number of benzene rings is 4. The van der Waals surface area contributed by atoms with Gasteiger partial charge in [-0.1, -0.05) is 48.5 Å². The van der Waals surface area contributed by atoms with Crippen LogP contribution in [0.15, 0.2) is 97.1 Å². The van der Waals surface area contributed by atoms with E-state index in [1.165, 1.54) is 24.3 Å². The normalized spacial score (nSPS) is 10.8. The largest absolute Gasteiger partial charge is 0.449 e. The zero-order valence-corrected chi connectivity index (χ0v) is 18.4. The van der Waals surface area contributed by atoms with Crippen molar-refractivity contribution in [1.82, 2.24) is 0 Å². The average molecular weight is 526 g/mol. The van der Waals surface area contributed by atoms with Crippen molar-refractivity contribution in [1.29, 1.82) is 0 Å². The lowest BCUT2D eigenvalue weighted by Gasteiger charge is -2.19. The van der Waals surface area contributed by atoms with Crippen LogP contribution < -0.4 is 0 Å². The monoisotopic (exact) mass is 526 g/mol. The number of carbonyl (C=O) groups excluding carboxylic acids is 1. The first kappa shape index (κ1) is 21.2. The van der Waals surface area contributed by atoms with E-state index in [0.717, 1.165) is 14.7 Å². The Morgan fingerprint density at radius 3 is 1.52 bits per heavy atom. The smallest absolute Gasteiger partial charge is 0.339 e. The summed E-state index contributed by atoms with van der Waals surface area (Å²) in [5, 5.41) is 0. The van der Waals surface area contributed by atoms with Gasteiger partial charge in [-0.3, -0.25) is 0 Å². The van der Waals surface area contributed by atoms with Gasteiger partial charge in [0, 0.05) is 3.57 Å². The lowest BCUT2D eigenvalue weighted by atomic mass is 10.0. The van der Waals surface area contributed by atoms with Crippen LogP contribution in [0.2, 0.25) is 0 Å². The molecule has 0 atom stereocenters. The van der Waals surface area contributed by atoms with Gasteiger partial charge in [0.25, 0.3) is 0 Å². The molecular weight excluding hydrogens is 509 g/mol. The van der Waals surface area contributed by atoms with E-state index in [1.54, 1.807) is 36.4 Å². The number of esters is 1. The van der Waals surface area contributed by atoms with Crippen LogP contribution in [0.25, 0.3) is 11.1 Å². The molecule has 0 aromatic heterocycles. The number of halogens is 3. The molecule has 0 bridgehead atoms. The van der Waals surface area contributed by atoms with Gasteiger partial charge in [-0.25, -0.2) is 13.6 Å². The van der Waals surface area contributed by atoms with Gasteiger partial charge in [-0.05, 0) is 93.4 Å². The minimum absolute atomic E-state index is 0.390. The summed E-state index contributed by atoms with van der Waals surface area (Å²) in [4.78, 5) is 12.9. The second-order valence-electron chi connectivity index (χ2n) is 6.97. The fourth-order valence-corrected chi connectivity index (χ4v) is 3.58. The van der Waals surface area contributed by atoms with E-state index in [4.69, 9.17) is 4.74 Å². The van der Waals surface area contributed by atoms with Gasteiger partial charge in [-0.2, -0.15) is 0 Å². The maximum Gasteiger partial charge on any atom is 0.339 e. The van der Waals surface area contributed by atoms with Gasteiger partial charge in [-0.15, -0.1) is 0 Å². The predicted molar refractivity (Wildman–Crippen MR) is 125 cm³/mol. The molecule has 2 nitrogen and oxygen atoms in total. The van der Waals surface area contributed by atoms with Crippen molar-refractivity contribution >= 4 is 28.6 Å². The molecule has 0 radical (unpaired) electrons. The Labute approximate surface area is 192 Å². The molecule has 154 valence electrons. The SMILES string of the molecule is O=C(OC(c1ccc(F)cc1)c1ccc(F)cc1)c1ccc(-c2ccc(I)cc2)cc1. The van der Waals surface area contributed by atoms with Crippen LogP contribution in [-0.2, 0) is 4.74 Å². The zero-order chi connectivity index (χ0) is 21.8. The van der Waals surface area contributed by atoms with E-state index in [9.17, 15) is 13.6 Å². The molecule has 0 saturated heterocycles. The fourth-order valence-electron chi connectivity index (χ4n) is 3.22. The highest BCUT2D eigenvalue weighted by Gasteiger charge is 2.20. The average Bonchev–Trinajstić information content (AvgIpc) is 2.79. The maximum absolute atomic E-state index is 13.4. The second kappa shape index (κ2) is 9.39. The summed E-state index contributed by atoms with van der Waals surface area (Å²) >= 11 is 2.25. The lowest BCUT2D eigenvalue weighted by molar-refractivity contribution is 0.0378. The molecule has 0 saturated carbocycles. The highest BCUT2D eigenvalue weighted by molar-refractivity contribution is 14.1. The second-order valence-corrected chi connectivity index (χ2v) is 8.22. The summed E-state index contributed by atoms with van der Waals surface area (Å²) in [5.74, 6) is -1.30. The van der Waals surface area contributed by atoms with Gasteiger partial charge in [0.1, 0.15) is 11.6 Å². The minimum Gasteiger partial charge on any atom is -0.449 e. The van der Waals surface area contributed by atoms with Crippen molar-refractivity contribution in [3.05, 3.63) is 129 Å². The van der Waals surface area contributed by atoms with Crippen LogP contribution in [0.4, 0.5) is 8.78 Å². The lowest BCUT2D eigenvalue weighted by Crippen LogP contribution is -2.13. The van der Waals surface area contributed by atoms with Crippen LogP contribution in [0.5, 0.6) is 0 Å². The molecule has 31 heavy (non-hydrogen) atoms. The molecular formula is C26H17F2IO2. The van der Waals surface area contributed by atoms with E-state index in [2.05, 4.69) is 22.6 Å². The van der Waals surface area contributed by atoms with Crippen LogP contribution in [-0.4, -0.2) is 5.97 Å². The van der Waals surface area contributed by atoms with Gasteiger partial charge in [0.2, 0.25) is 0 Å². The van der Waals surface area contributed by atoms with Gasteiger partial charge < -0.3 is 4.74 Å². The quantitative estimate of drug-likeness (QED) is 0.203. The number of rotatable bonds is 5. The molecule has 0 amide bonds. The van der Waals surface area contributed by atoms with Gasteiger partial charge >= 0.3 is 5.97 Å². The number of hydrogen-bond acceptors (Lipinski definition) is 2. The Hall–Kier alpha value is -3.06. The Morgan fingerprint density at radius 2 is 1.06 bits per heavy atom. The third-order valence-corrected chi connectivity index (χ3v) is 5.59. The molecule has 0 fully saturated rings. The van der Waals surface area contributed by atoms with Crippen molar-refractivity contribution in [3.8, 4) is 11.1 Å². The van der Waals surface area contributed by atoms with E-state index in [1.807, 2.05) is 36.4 Å². The zero-order valence-electron chi connectivity index (χ0n) is 16.3. The Balaban J connectivity index is 1.59. The summed E-state index contributed by atoms with van der Waals surface area (Å²) in [5.41, 5.74) is 3.62. The van der Waals surface area contributed by atoms with Crippen LogP contribution in [0.1, 0.15) is 27.6 Å². The first-order chi connectivity index (χ1) is 15.0. The van der Waals surface area contributed by atoms with Gasteiger partial charge in [0.05, 0.1) is 5.56 Å². The predicted octanol–water partition coefficient (Wildman–Crippen LogP) is 7.18. The van der Waals surface area contributed by atoms with E-state index < -0.39 is 12.1 Å². The molecule has 4 aromatic carbocycles. The van der Waals surface area contributed by atoms with Crippen LogP contribution in [0, 0.1) is 15.2 Å². The third-order valence-electron chi connectivity index (χ3n) is 4.87. The molecule has 0 aliphatic rings. The van der Waals surface area contributed by atoms with Crippen LogP contribution in [0.3, 0.4) is 0 Å². The number of carbonyl (C=O) groups is 1. The maximum atomic E-state index is 13.4. The molecule has 5 heteroatoms. The van der Waals surface area contributed by atoms with Crippen molar-refractivity contribution in [2.45, 2.75) is 6.10 Å². The fraction of sp³-hybridized carbons (Fsp3) is 0.0385. The van der Waals surface area contributed by atoms with Crippen LogP contribution >= 0.6 is 22.6 Å². The first-order valence-electron chi connectivity index (χ1n) is 9.57. The summed E-state index contributed by atoms with van der Waals surface area (Å²) in [6, 6.07) is 26.7. The Morgan fingerprint density at radius 1 is 0.645 bits per heavy atom. The minimum atomic E-state index is -0.787. The molecule has 0 aliphatic carbocycles. The Bertz CT molecular complexity index is 1120. The van der Waals surface area contributed by atoms with Crippen molar-refractivity contribution < 1.29 is 18.3 Å². The third kappa shape index (κ3) is 5.17. The highest BCUT2D eigenvalue weighted by Crippen LogP contribution is 2.28. The molecule has 0 heterocycles. The number of hydrogen-bond donors (Lipinski definition) is 0. The van der Waals surface area contributed by atoms with Crippen molar-refractivity contribution in [2.75, 3.05) is 0 Å². The van der Waals surface area contributed by atoms with E-state index in [0.29, 0.717) is 16.7 Å². The highest BCUT2D eigenvalue weighted by atomic mass is 127. The number of ether oxygens (including phenoxy) is 1. The molecule has 0 aliphatic heterocycles. The van der Waals surface area contributed by atoms with E-state index in [-0.39, 0.29) is 11.6 Å². The first-order valence-corrected chi connectivity index (χ1v) is 10.7. The summed E-state index contributed by atoms with van der Waals surface area (Å²) in [6.45, 7) is 0.